The fraction of sp³-hybridized carbons (Fsp3) is 1.00. The van der Waals surface area contributed by atoms with E-state index in [9.17, 15) is 0 Å². The van der Waals surface area contributed by atoms with E-state index >= 15 is 0 Å². The largest absolute Gasteiger partial charge is 0.396 e. The van der Waals surface area contributed by atoms with Gasteiger partial charge in [-0.2, -0.15) is 0 Å². The van der Waals surface area contributed by atoms with Gasteiger partial charge < -0.3 is 9.84 Å². The second kappa shape index (κ2) is 3.85. The van der Waals surface area contributed by atoms with Crippen LogP contribution in [0.25, 0.3) is 0 Å². The molecule has 0 aromatic heterocycles. The van der Waals surface area contributed by atoms with E-state index in [1.807, 2.05) is 0 Å². The Morgan fingerprint density at radius 2 is 2.11 bits per heavy atom. The molecule has 1 aliphatic heterocycles. The molecule has 0 radical (unpaired) electrons. The van der Waals surface area contributed by atoms with Crippen LogP contribution in [-0.4, -0.2) is 24.4 Å². The normalized spacial score (nSPS) is 24.3. The Hall–Kier alpha value is -0.0800. The number of rotatable bonds is 5. The highest BCUT2D eigenvalue weighted by atomic mass is 16.6. The average Bonchev–Trinajstić information content (AvgIpc) is 2.63. The molecule has 0 aromatic carbocycles. The molecule has 9 heavy (non-hydrogen) atoms. The predicted molar refractivity (Wildman–Crippen MR) is 35.3 cm³/mol. The minimum absolute atomic E-state index is 0.339. The SMILES string of the molecule is OCCCCCC1CO1. The number of ether oxygens (including phenoxy) is 1. The van der Waals surface area contributed by atoms with Gasteiger partial charge in [0, 0.05) is 6.61 Å². The molecule has 54 valence electrons. The lowest BCUT2D eigenvalue weighted by atomic mass is 10.2. The van der Waals surface area contributed by atoms with Crippen molar-refractivity contribution in [3.05, 3.63) is 0 Å². The second-order valence-corrected chi connectivity index (χ2v) is 2.53. The van der Waals surface area contributed by atoms with Gasteiger partial charge in [0.1, 0.15) is 0 Å². The standard InChI is InChI=1S/C7H14O2/c8-5-3-1-2-4-7-6-9-7/h7-8H,1-6H2. The number of aliphatic hydroxyl groups excluding tert-OH is 1. The maximum Gasteiger partial charge on any atom is 0.0810 e. The summed E-state index contributed by atoms with van der Waals surface area (Å²) in [5.41, 5.74) is 0. The Bertz CT molecular complexity index is 69.3. The zero-order valence-corrected chi connectivity index (χ0v) is 5.68. The predicted octanol–water partition coefficient (Wildman–Crippen LogP) is 0.938. The van der Waals surface area contributed by atoms with Crippen molar-refractivity contribution in [3.8, 4) is 0 Å². The molecule has 1 unspecified atom stereocenters. The first-order valence-electron chi connectivity index (χ1n) is 3.66. The molecule has 1 aliphatic rings. The van der Waals surface area contributed by atoms with Crippen LogP contribution in [0, 0.1) is 0 Å². The molecule has 0 aliphatic carbocycles. The van der Waals surface area contributed by atoms with Gasteiger partial charge in [0.25, 0.3) is 0 Å². The van der Waals surface area contributed by atoms with Crippen LogP contribution < -0.4 is 0 Å². The molecular weight excluding hydrogens is 116 g/mol. The average molecular weight is 130 g/mol. The fourth-order valence-corrected chi connectivity index (χ4v) is 0.895. The molecule has 1 N–H and O–H groups in total. The van der Waals surface area contributed by atoms with Gasteiger partial charge in [0.2, 0.25) is 0 Å². The Kier molecular flexibility index (Phi) is 3.01. The first kappa shape index (κ1) is 7.03. The number of hydrogen-bond donors (Lipinski definition) is 1. The fourth-order valence-electron chi connectivity index (χ4n) is 0.895. The Balaban J connectivity index is 1.71. The van der Waals surface area contributed by atoms with Crippen molar-refractivity contribution in [2.45, 2.75) is 31.8 Å². The van der Waals surface area contributed by atoms with Gasteiger partial charge in [-0.1, -0.05) is 12.8 Å². The molecule has 0 amide bonds. The van der Waals surface area contributed by atoms with E-state index in [0.29, 0.717) is 12.7 Å². The Labute approximate surface area is 55.8 Å². The van der Waals surface area contributed by atoms with E-state index in [-0.39, 0.29) is 0 Å². The molecule has 0 aromatic rings. The summed E-state index contributed by atoms with van der Waals surface area (Å²) >= 11 is 0. The third-order valence-electron chi connectivity index (χ3n) is 1.59. The highest BCUT2D eigenvalue weighted by Gasteiger charge is 2.20. The third kappa shape index (κ3) is 3.49. The minimum atomic E-state index is 0.339. The number of aliphatic hydroxyl groups is 1. The summed E-state index contributed by atoms with van der Waals surface area (Å²) in [7, 11) is 0. The highest BCUT2D eigenvalue weighted by Crippen LogP contribution is 2.16. The molecule has 1 heterocycles. The van der Waals surface area contributed by atoms with Crippen LogP contribution in [0.2, 0.25) is 0 Å². The summed E-state index contributed by atoms with van der Waals surface area (Å²) in [6.07, 6.45) is 5.08. The second-order valence-electron chi connectivity index (χ2n) is 2.53. The molecule has 1 fully saturated rings. The van der Waals surface area contributed by atoms with Crippen molar-refractivity contribution in [1.82, 2.24) is 0 Å². The maximum absolute atomic E-state index is 8.42. The maximum atomic E-state index is 8.42. The van der Waals surface area contributed by atoms with Crippen LogP contribution in [0.4, 0.5) is 0 Å². The van der Waals surface area contributed by atoms with Gasteiger partial charge in [-0.05, 0) is 12.8 Å². The third-order valence-corrected chi connectivity index (χ3v) is 1.59. The summed E-state index contributed by atoms with van der Waals surface area (Å²) in [6, 6.07) is 0. The summed E-state index contributed by atoms with van der Waals surface area (Å²) in [5.74, 6) is 0. The van der Waals surface area contributed by atoms with Gasteiger partial charge >= 0.3 is 0 Å². The molecule has 2 heteroatoms. The van der Waals surface area contributed by atoms with E-state index in [2.05, 4.69) is 0 Å². The lowest BCUT2D eigenvalue weighted by Gasteiger charge is -1.93. The minimum Gasteiger partial charge on any atom is -0.396 e. The van der Waals surface area contributed by atoms with Gasteiger partial charge in [-0.3, -0.25) is 0 Å². The van der Waals surface area contributed by atoms with Gasteiger partial charge in [-0.25, -0.2) is 0 Å². The first-order valence-corrected chi connectivity index (χ1v) is 3.66. The molecule has 1 rings (SSSR count). The summed E-state index contributed by atoms with van der Waals surface area (Å²) in [5, 5.41) is 8.42. The smallest absolute Gasteiger partial charge is 0.0810 e. The van der Waals surface area contributed by atoms with E-state index in [0.717, 1.165) is 19.4 Å². The van der Waals surface area contributed by atoms with Crippen molar-refractivity contribution in [1.29, 1.82) is 0 Å². The molecule has 1 atom stereocenters. The number of hydrogen-bond acceptors (Lipinski definition) is 2. The van der Waals surface area contributed by atoms with Gasteiger partial charge in [0.15, 0.2) is 0 Å². The zero-order valence-electron chi connectivity index (χ0n) is 5.68. The van der Waals surface area contributed by atoms with Crippen LogP contribution in [0.15, 0.2) is 0 Å². The first-order chi connectivity index (χ1) is 4.43. The van der Waals surface area contributed by atoms with Crippen LogP contribution in [-0.2, 0) is 4.74 Å². The van der Waals surface area contributed by atoms with Crippen molar-refractivity contribution in [2.24, 2.45) is 0 Å². The quantitative estimate of drug-likeness (QED) is 0.443. The van der Waals surface area contributed by atoms with Crippen LogP contribution in [0.5, 0.6) is 0 Å². The lowest BCUT2D eigenvalue weighted by molar-refractivity contribution is 0.280. The molecular formula is C7H14O2. The lowest BCUT2D eigenvalue weighted by Crippen LogP contribution is -1.87. The van der Waals surface area contributed by atoms with Crippen LogP contribution >= 0.6 is 0 Å². The van der Waals surface area contributed by atoms with Crippen LogP contribution in [0.1, 0.15) is 25.7 Å². The topological polar surface area (TPSA) is 32.8 Å². The molecule has 0 bridgehead atoms. The number of unbranched alkanes of at least 4 members (excludes halogenated alkanes) is 2. The van der Waals surface area contributed by atoms with Crippen molar-refractivity contribution in [2.75, 3.05) is 13.2 Å². The van der Waals surface area contributed by atoms with Crippen LogP contribution in [0.3, 0.4) is 0 Å². The Morgan fingerprint density at radius 1 is 1.33 bits per heavy atom. The molecule has 1 saturated heterocycles. The highest BCUT2D eigenvalue weighted by molar-refractivity contribution is 4.67. The number of epoxide rings is 1. The van der Waals surface area contributed by atoms with Gasteiger partial charge in [0.05, 0.1) is 12.7 Å². The van der Waals surface area contributed by atoms with E-state index in [4.69, 9.17) is 9.84 Å². The summed E-state index contributed by atoms with van der Waals surface area (Å²) in [4.78, 5) is 0. The van der Waals surface area contributed by atoms with Crippen molar-refractivity contribution < 1.29 is 9.84 Å². The van der Waals surface area contributed by atoms with E-state index in [1.54, 1.807) is 0 Å². The summed E-state index contributed by atoms with van der Waals surface area (Å²) < 4.78 is 5.03. The Morgan fingerprint density at radius 3 is 2.67 bits per heavy atom. The molecule has 2 nitrogen and oxygen atoms in total. The van der Waals surface area contributed by atoms with Crippen molar-refractivity contribution >= 4 is 0 Å². The van der Waals surface area contributed by atoms with E-state index in [1.165, 1.54) is 12.8 Å². The zero-order chi connectivity index (χ0) is 6.53. The molecule has 0 spiro atoms. The molecule has 0 saturated carbocycles. The summed E-state index contributed by atoms with van der Waals surface area (Å²) in [6.45, 7) is 1.31. The van der Waals surface area contributed by atoms with Gasteiger partial charge in [-0.15, -0.1) is 0 Å². The monoisotopic (exact) mass is 130 g/mol. The van der Waals surface area contributed by atoms with E-state index < -0.39 is 0 Å². The van der Waals surface area contributed by atoms with Crippen molar-refractivity contribution in [3.63, 3.8) is 0 Å².